The molecule has 1 N–H and O–H groups in total. The van der Waals surface area contributed by atoms with Crippen LogP contribution in [0.4, 0.5) is 5.69 Å². The molecule has 1 atom stereocenters. The quantitative estimate of drug-likeness (QED) is 0.645. The van der Waals surface area contributed by atoms with Crippen molar-refractivity contribution in [2.24, 2.45) is 0 Å². The maximum absolute atomic E-state index is 12.5. The lowest BCUT2D eigenvalue weighted by atomic mass is 10.2. The molecule has 1 aromatic rings. The number of hydrogen-bond acceptors (Lipinski definition) is 5. The maximum Gasteiger partial charge on any atom is 0.304 e. The highest BCUT2D eigenvalue weighted by atomic mass is 32.2. The Morgan fingerprint density at radius 3 is 2.52 bits per heavy atom. The van der Waals surface area contributed by atoms with Gasteiger partial charge in [0, 0.05) is 24.7 Å². The molecular weight excluding hydrogens is 300 g/mol. The van der Waals surface area contributed by atoms with Gasteiger partial charge in [-0.15, -0.1) is 0 Å². The number of carboxylic acids is 1. The van der Waals surface area contributed by atoms with Crippen LogP contribution in [-0.4, -0.2) is 41.3 Å². The molecule has 0 bridgehead atoms. The van der Waals surface area contributed by atoms with Crippen LogP contribution in [0.25, 0.3) is 0 Å². The van der Waals surface area contributed by atoms with Gasteiger partial charge in [0.1, 0.15) is 0 Å². The molecule has 1 aliphatic rings. The van der Waals surface area contributed by atoms with E-state index in [0.29, 0.717) is 12.8 Å². The molecule has 0 amide bonds. The van der Waals surface area contributed by atoms with Crippen LogP contribution in [0.2, 0.25) is 0 Å². The van der Waals surface area contributed by atoms with E-state index in [1.54, 1.807) is 0 Å². The van der Waals surface area contributed by atoms with Gasteiger partial charge in [0.05, 0.1) is 16.2 Å². The number of nitro groups is 1. The average molecular weight is 314 g/mol. The Morgan fingerprint density at radius 2 is 2.00 bits per heavy atom. The first-order valence-electron chi connectivity index (χ1n) is 6.30. The van der Waals surface area contributed by atoms with E-state index in [2.05, 4.69) is 0 Å². The number of nitro benzene ring substituents is 1. The molecule has 1 unspecified atom stereocenters. The fraction of sp³-hybridized carbons (Fsp3) is 0.417. The zero-order valence-electron chi connectivity index (χ0n) is 11.0. The summed E-state index contributed by atoms with van der Waals surface area (Å²) >= 11 is 0. The van der Waals surface area contributed by atoms with E-state index in [1.165, 1.54) is 16.4 Å². The number of non-ortho nitro benzene ring substituents is 1. The Bertz CT molecular complexity index is 655. The molecule has 9 heteroatoms. The monoisotopic (exact) mass is 314 g/mol. The Labute approximate surface area is 121 Å². The van der Waals surface area contributed by atoms with E-state index >= 15 is 0 Å². The molecule has 8 nitrogen and oxygen atoms in total. The third kappa shape index (κ3) is 3.19. The third-order valence-electron chi connectivity index (χ3n) is 3.39. The van der Waals surface area contributed by atoms with Gasteiger partial charge < -0.3 is 5.11 Å². The molecule has 1 saturated heterocycles. The molecule has 1 fully saturated rings. The standard InChI is InChI=1S/C12H14N2O6S/c15-12(16)8-10-2-1-7-13(10)21(19,20)11-5-3-9(4-6-11)14(17)18/h3-6,10H,1-2,7-8H2,(H,15,16). The number of benzene rings is 1. The molecule has 114 valence electrons. The van der Waals surface area contributed by atoms with Crippen molar-refractivity contribution in [2.45, 2.75) is 30.2 Å². The Hall–Kier alpha value is -2.00. The summed E-state index contributed by atoms with van der Waals surface area (Å²) in [5, 5.41) is 19.4. The second kappa shape index (κ2) is 5.78. The van der Waals surface area contributed by atoms with Crippen molar-refractivity contribution in [3.05, 3.63) is 34.4 Å². The molecule has 0 spiro atoms. The summed E-state index contributed by atoms with van der Waals surface area (Å²) in [7, 11) is -3.83. The minimum Gasteiger partial charge on any atom is -0.481 e. The van der Waals surface area contributed by atoms with Gasteiger partial charge in [-0.3, -0.25) is 14.9 Å². The van der Waals surface area contributed by atoms with Gasteiger partial charge in [0.2, 0.25) is 10.0 Å². The lowest BCUT2D eigenvalue weighted by Gasteiger charge is -2.22. The fourth-order valence-corrected chi connectivity index (χ4v) is 4.10. The second-order valence-corrected chi connectivity index (χ2v) is 6.65. The molecule has 2 rings (SSSR count). The first-order chi connectivity index (χ1) is 9.82. The van der Waals surface area contributed by atoms with Gasteiger partial charge in [-0.2, -0.15) is 4.31 Å². The van der Waals surface area contributed by atoms with E-state index in [4.69, 9.17) is 5.11 Å². The topological polar surface area (TPSA) is 118 Å². The Morgan fingerprint density at radius 1 is 1.38 bits per heavy atom. The van der Waals surface area contributed by atoms with Crippen LogP contribution in [0.5, 0.6) is 0 Å². The van der Waals surface area contributed by atoms with Gasteiger partial charge in [-0.05, 0) is 25.0 Å². The molecule has 0 radical (unpaired) electrons. The van der Waals surface area contributed by atoms with E-state index in [0.717, 1.165) is 12.1 Å². The van der Waals surface area contributed by atoms with Crippen LogP contribution >= 0.6 is 0 Å². The first kappa shape index (κ1) is 15.4. The summed E-state index contributed by atoms with van der Waals surface area (Å²) in [4.78, 5) is 20.7. The largest absolute Gasteiger partial charge is 0.481 e. The molecule has 0 aromatic heterocycles. The summed E-state index contributed by atoms with van der Waals surface area (Å²) in [6.45, 7) is 0.261. The van der Waals surface area contributed by atoms with E-state index < -0.39 is 27.0 Å². The van der Waals surface area contributed by atoms with Crippen LogP contribution in [0.15, 0.2) is 29.2 Å². The minimum absolute atomic E-state index is 0.0645. The van der Waals surface area contributed by atoms with Crippen LogP contribution in [0.3, 0.4) is 0 Å². The average Bonchev–Trinajstić information content (AvgIpc) is 2.86. The van der Waals surface area contributed by atoms with Gasteiger partial charge in [-0.25, -0.2) is 8.42 Å². The Kier molecular flexibility index (Phi) is 4.24. The number of sulfonamides is 1. The summed E-state index contributed by atoms with van der Waals surface area (Å²) < 4.78 is 26.1. The lowest BCUT2D eigenvalue weighted by molar-refractivity contribution is -0.384. The lowest BCUT2D eigenvalue weighted by Crippen LogP contribution is -2.36. The molecular formula is C12H14N2O6S. The third-order valence-corrected chi connectivity index (χ3v) is 5.35. The Balaban J connectivity index is 2.28. The highest BCUT2D eigenvalue weighted by Gasteiger charge is 2.36. The molecule has 1 aromatic carbocycles. The number of rotatable bonds is 5. The van der Waals surface area contributed by atoms with Crippen molar-refractivity contribution in [1.29, 1.82) is 0 Å². The zero-order valence-corrected chi connectivity index (χ0v) is 11.8. The highest BCUT2D eigenvalue weighted by molar-refractivity contribution is 7.89. The number of hydrogen-bond donors (Lipinski definition) is 1. The van der Waals surface area contributed by atoms with Crippen LogP contribution in [0, 0.1) is 10.1 Å². The van der Waals surface area contributed by atoms with E-state index in [9.17, 15) is 23.3 Å². The molecule has 1 aliphatic heterocycles. The summed E-state index contributed by atoms with van der Waals surface area (Å²) in [6, 6.07) is 4.01. The summed E-state index contributed by atoms with van der Waals surface area (Å²) in [6.07, 6.45) is 0.856. The smallest absolute Gasteiger partial charge is 0.304 e. The summed E-state index contributed by atoms with van der Waals surface area (Å²) in [5.41, 5.74) is -0.197. The van der Waals surface area contributed by atoms with Gasteiger partial charge in [0.25, 0.3) is 5.69 Å². The molecule has 0 saturated carbocycles. The predicted octanol–water partition coefficient (Wildman–Crippen LogP) is 1.22. The minimum atomic E-state index is -3.83. The van der Waals surface area contributed by atoms with Crippen molar-refractivity contribution in [3.63, 3.8) is 0 Å². The predicted molar refractivity (Wildman–Crippen MR) is 72.3 cm³/mol. The summed E-state index contributed by atoms with van der Waals surface area (Å²) in [5.74, 6) is -1.05. The van der Waals surface area contributed by atoms with Crippen LogP contribution < -0.4 is 0 Å². The number of nitrogens with zero attached hydrogens (tertiary/aromatic N) is 2. The van der Waals surface area contributed by atoms with Crippen LogP contribution in [-0.2, 0) is 14.8 Å². The molecule has 21 heavy (non-hydrogen) atoms. The van der Waals surface area contributed by atoms with E-state index in [1.807, 2.05) is 0 Å². The highest BCUT2D eigenvalue weighted by Crippen LogP contribution is 2.28. The normalized spacial score (nSPS) is 19.5. The van der Waals surface area contributed by atoms with Crippen molar-refractivity contribution in [2.75, 3.05) is 6.54 Å². The number of carbonyl (C=O) groups is 1. The zero-order chi connectivity index (χ0) is 15.6. The van der Waals surface area contributed by atoms with Crippen LogP contribution in [0.1, 0.15) is 19.3 Å². The van der Waals surface area contributed by atoms with E-state index in [-0.39, 0.29) is 23.5 Å². The molecule has 0 aliphatic carbocycles. The van der Waals surface area contributed by atoms with Gasteiger partial charge >= 0.3 is 5.97 Å². The SMILES string of the molecule is O=C(O)CC1CCCN1S(=O)(=O)c1ccc([N+](=O)[O-])cc1. The van der Waals surface area contributed by atoms with Gasteiger partial charge in [-0.1, -0.05) is 0 Å². The first-order valence-corrected chi connectivity index (χ1v) is 7.74. The number of aliphatic carboxylic acids is 1. The fourth-order valence-electron chi connectivity index (χ4n) is 2.41. The second-order valence-electron chi connectivity index (χ2n) is 4.76. The van der Waals surface area contributed by atoms with Crippen molar-refractivity contribution in [3.8, 4) is 0 Å². The molecule has 1 heterocycles. The van der Waals surface area contributed by atoms with Crippen molar-refractivity contribution in [1.82, 2.24) is 4.31 Å². The van der Waals surface area contributed by atoms with Crippen molar-refractivity contribution < 1.29 is 23.2 Å². The van der Waals surface area contributed by atoms with Gasteiger partial charge in [0.15, 0.2) is 0 Å². The number of carboxylic acid groups (broad SMARTS) is 1. The maximum atomic E-state index is 12.5. The van der Waals surface area contributed by atoms with Crippen molar-refractivity contribution >= 4 is 21.7 Å².